The third kappa shape index (κ3) is 6.71. The second-order valence-corrected chi connectivity index (χ2v) is 8.18. The average molecular weight is 466 g/mol. The van der Waals surface area contributed by atoms with Crippen molar-refractivity contribution in [2.24, 2.45) is 0 Å². The summed E-state index contributed by atoms with van der Waals surface area (Å²) in [4.78, 5) is 2.25. The van der Waals surface area contributed by atoms with Gasteiger partial charge in [-0.1, -0.05) is 133 Å². The van der Waals surface area contributed by atoms with Crippen molar-refractivity contribution in [3.8, 4) is 0 Å². The van der Waals surface area contributed by atoms with Crippen LogP contribution in [0, 0.1) is 0 Å². The molecule has 0 atom stereocenters. The Morgan fingerprint density at radius 1 is 0.444 bits per heavy atom. The molecule has 0 aromatic heterocycles. The number of anilines is 3. The summed E-state index contributed by atoms with van der Waals surface area (Å²) in [7, 11) is 0. The lowest BCUT2D eigenvalue weighted by atomic mass is 9.97. The van der Waals surface area contributed by atoms with Gasteiger partial charge < -0.3 is 4.90 Å². The van der Waals surface area contributed by atoms with Crippen molar-refractivity contribution in [1.29, 1.82) is 0 Å². The Balaban J connectivity index is 0.000000170. The van der Waals surface area contributed by atoms with Crippen LogP contribution < -0.4 is 4.90 Å². The molecular weight excluding hydrogens is 434 g/mol. The van der Waals surface area contributed by atoms with Gasteiger partial charge in [-0.15, -0.1) is 0 Å². The number of hydrogen-bond acceptors (Lipinski definition) is 1. The number of para-hydroxylation sites is 3. The topological polar surface area (TPSA) is 3.24 Å². The quantitative estimate of drug-likeness (QED) is 0.226. The van der Waals surface area contributed by atoms with Crippen molar-refractivity contribution in [2.75, 3.05) is 4.90 Å². The largest absolute Gasteiger partial charge is 0.311 e. The van der Waals surface area contributed by atoms with Gasteiger partial charge in [0.25, 0.3) is 0 Å². The van der Waals surface area contributed by atoms with Crippen molar-refractivity contribution in [1.82, 2.24) is 0 Å². The Morgan fingerprint density at radius 3 is 1.06 bits per heavy atom. The van der Waals surface area contributed by atoms with E-state index in [9.17, 15) is 0 Å². The van der Waals surface area contributed by atoms with E-state index in [1.807, 2.05) is 43.3 Å². The lowest BCUT2D eigenvalue weighted by molar-refractivity contribution is 1.28. The van der Waals surface area contributed by atoms with Crippen LogP contribution >= 0.6 is 0 Å². The number of benzene rings is 5. The Kier molecular flexibility index (Phi) is 9.06. The zero-order valence-corrected chi connectivity index (χ0v) is 20.6. The van der Waals surface area contributed by atoms with E-state index in [-0.39, 0.29) is 0 Å². The molecule has 0 bridgehead atoms. The van der Waals surface area contributed by atoms with Gasteiger partial charge in [-0.25, -0.2) is 0 Å². The minimum atomic E-state index is 1.17. The van der Waals surface area contributed by atoms with Crippen molar-refractivity contribution < 1.29 is 0 Å². The highest BCUT2D eigenvalue weighted by Crippen LogP contribution is 2.33. The molecule has 5 rings (SSSR count). The zero-order valence-electron chi connectivity index (χ0n) is 20.6. The van der Waals surface area contributed by atoms with Gasteiger partial charge in [-0.3, -0.25) is 0 Å². The van der Waals surface area contributed by atoms with E-state index in [0.717, 1.165) is 0 Å². The van der Waals surface area contributed by atoms with Crippen molar-refractivity contribution >= 4 is 22.6 Å². The van der Waals surface area contributed by atoms with Crippen LogP contribution in [0.4, 0.5) is 17.1 Å². The molecule has 0 aliphatic heterocycles. The number of allylic oxidation sites excluding steroid dienone is 3. The van der Waals surface area contributed by atoms with E-state index >= 15 is 0 Å². The lowest BCUT2D eigenvalue weighted by Crippen LogP contribution is -2.09. The monoisotopic (exact) mass is 465 g/mol. The molecule has 0 aliphatic rings. The van der Waals surface area contributed by atoms with Crippen LogP contribution in [0.25, 0.3) is 5.57 Å². The Bertz CT molecular complexity index is 1210. The molecule has 0 amide bonds. The smallest absolute Gasteiger partial charge is 0.0461 e. The molecule has 0 fully saturated rings. The van der Waals surface area contributed by atoms with E-state index in [1.54, 1.807) is 0 Å². The Hall–Kier alpha value is -4.62. The molecule has 0 spiro atoms. The van der Waals surface area contributed by atoms with Crippen LogP contribution in [0.1, 0.15) is 18.1 Å². The predicted octanol–water partition coefficient (Wildman–Crippen LogP) is 9.85. The van der Waals surface area contributed by atoms with Gasteiger partial charge in [-0.2, -0.15) is 0 Å². The van der Waals surface area contributed by atoms with Gasteiger partial charge in [-0.05, 0) is 60.0 Å². The summed E-state index contributed by atoms with van der Waals surface area (Å²) in [6, 6.07) is 52.2. The van der Waals surface area contributed by atoms with Gasteiger partial charge >= 0.3 is 0 Å². The van der Waals surface area contributed by atoms with E-state index in [4.69, 9.17) is 0 Å². The molecule has 1 nitrogen and oxygen atoms in total. The van der Waals surface area contributed by atoms with E-state index in [0.29, 0.717) is 0 Å². The Morgan fingerprint density at radius 2 is 0.750 bits per heavy atom. The molecule has 36 heavy (non-hydrogen) atoms. The summed E-state index contributed by atoms with van der Waals surface area (Å²) >= 11 is 0. The SMILES string of the molecule is CC=CC=C(c1ccccc1)c1ccccc1.c1ccc(N(c2ccccc2)c2ccccc2)cc1. The molecule has 0 unspecified atom stereocenters. The molecule has 0 saturated heterocycles. The van der Waals surface area contributed by atoms with Gasteiger partial charge in [0.1, 0.15) is 0 Å². The van der Waals surface area contributed by atoms with Gasteiger partial charge in [0, 0.05) is 17.1 Å². The fourth-order valence-electron chi connectivity index (χ4n) is 3.97. The molecule has 5 aromatic rings. The third-order valence-electron chi connectivity index (χ3n) is 5.67. The predicted molar refractivity (Wildman–Crippen MR) is 156 cm³/mol. The van der Waals surface area contributed by atoms with E-state index in [2.05, 4.69) is 138 Å². The van der Waals surface area contributed by atoms with Crippen LogP contribution in [0.15, 0.2) is 170 Å². The maximum Gasteiger partial charge on any atom is 0.0461 e. The first-order valence-electron chi connectivity index (χ1n) is 12.3. The Labute approximate surface area is 215 Å². The van der Waals surface area contributed by atoms with Gasteiger partial charge in [0.2, 0.25) is 0 Å². The molecule has 5 aromatic carbocycles. The molecular formula is C35H31N. The second-order valence-electron chi connectivity index (χ2n) is 8.18. The fourth-order valence-corrected chi connectivity index (χ4v) is 3.97. The second kappa shape index (κ2) is 13.3. The number of rotatable bonds is 6. The summed E-state index contributed by atoms with van der Waals surface area (Å²) in [5.74, 6) is 0. The zero-order chi connectivity index (χ0) is 24.8. The highest BCUT2D eigenvalue weighted by Gasteiger charge is 2.10. The first kappa shape index (κ1) is 24.5. The minimum Gasteiger partial charge on any atom is -0.311 e. The van der Waals surface area contributed by atoms with Crippen LogP contribution in [0.3, 0.4) is 0 Å². The number of hydrogen-bond donors (Lipinski definition) is 0. The van der Waals surface area contributed by atoms with Crippen molar-refractivity contribution in [2.45, 2.75) is 6.92 Å². The first-order valence-corrected chi connectivity index (χ1v) is 12.3. The molecule has 0 N–H and O–H groups in total. The maximum atomic E-state index is 2.25. The highest BCUT2D eigenvalue weighted by atomic mass is 15.1. The molecule has 0 heterocycles. The normalized spacial score (nSPS) is 10.2. The summed E-state index contributed by atoms with van der Waals surface area (Å²) in [5.41, 5.74) is 7.25. The van der Waals surface area contributed by atoms with Crippen molar-refractivity contribution in [3.63, 3.8) is 0 Å². The average Bonchev–Trinajstić information content (AvgIpc) is 2.97. The fraction of sp³-hybridized carbons (Fsp3) is 0.0286. The van der Waals surface area contributed by atoms with E-state index in [1.165, 1.54) is 33.8 Å². The minimum absolute atomic E-state index is 1.17. The van der Waals surface area contributed by atoms with Gasteiger partial charge in [0.15, 0.2) is 0 Å². The molecule has 0 saturated carbocycles. The molecule has 176 valence electrons. The summed E-state index contributed by atoms with van der Waals surface area (Å²) in [6.45, 7) is 2.03. The molecule has 0 radical (unpaired) electrons. The van der Waals surface area contributed by atoms with Crippen LogP contribution in [0.2, 0.25) is 0 Å². The maximum absolute atomic E-state index is 2.25. The van der Waals surface area contributed by atoms with Crippen LogP contribution in [-0.2, 0) is 0 Å². The third-order valence-corrected chi connectivity index (χ3v) is 5.67. The van der Waals surface area contributed by atoms with Crippen LogP contribution in [0.5, 0.6) is 0 Å². The summed E-state index contributed by atoms with van der Waals surface area (Å²) < 4.78 is 0. The van der Waals surface area contributed by atoms with E-state index < -0.39 is 0 Å². The standard InChI is InChI=1S/C18H15N.C17H16/c1-4-10-16(11-5-1)19(17-12-6-2-7-13-17)18-14-8-3-9-15-18;1-2-3-14-17(15-10-6-4-7-11-15)16-12-8-5-9-13-16/h1-15H;2-14H,1H3. The van der Waals surface area contributed by atoms with Gasteiger partial charge in [0.05, 0.1) is 0 Å². The van der Waals surface area contributed by atoms with Crippen LogP contribution in [-0.4, -0.2) is 0 Å². The summed E-state index contributed by atoms with van der Waals surface area (Å²) in [5, 5.41) is 0. The molecule has 0 aliphatic carbocycles. The summed E-state index contributed by atoms with van der Waals surface area (Å²) in [6.07, 6.45) is 6.28. The first-order chi connectivity index (χ1) is 17.9. The molecule has 1 heteroatoms. The van der Waals surface area contributed by atoms with Crippen molar-refractivity contribution in [3.05, 3.63) is 181 Å². The lowest BCUT2D eigenvalue weighted by Gasteiger charge is -2.25. The highest BCUT2D eigenvalue weighted by molar-refractivity contribution is 5.80. The number of nitrogens with zero attached hydrogens (tertiary/aromatic N) is 1.